The molecule has 0 aliphatic carbocycles. The highest BCUT2D eigenvalue weighted by molar-refractivity contribution is 6.39. The summed E-state index contributed by atoms with van der Waals surface area (Å²) in [5.74, 6) is -1.57. The Balaban J connectivity index is 1.57. The quantitative estimate of drug-likeness (QED) is 0.259. The predicted octanol–water partition coefficient (Wildman–Crippen LogP) is 4.14. The molecule has 206 valence electrons. The zero-order valence-corrected chi connectivity index (χ0v) is 22.2. The van der Waals surface area contributed by atoms with Crippen LogP contribution >= 0.6 is 11.6 Å². The number of hydrogen-bond acceptors (Lipinski definition) is 8. The van der Waals surface area contributed by atoms with E-state index in [9.17, 15) is 24.3 Å². The lowest BCUT2D eigenvalue weighted by Crippen LogP contribution is -2.54. The third kappa shape index (κ3) is 6.16. The normalized spacial score (nSPS) is 14.1. The SMILES string of the molecule is CCOc1cc(/C=C2/C(=O)NC(=O)N(c3ccc(O)cc3)C2=O)cc(Cl)c1OCC(=O)Nc1ccccc1OC. The van der Waals surface area contributed by atoms with Gasteiger partial charge in [0, 0.05) is 0 Å². The maximum atomic E-state index is 13.1. The highest BCUT2D eigenvalue weighted by Gasteiger charge is 2.37. The number of carbonyl (C=O) groups excluding carboxylic acids is 4. The van der Waals surface area contributed by atoms with E-state index in [0.29, 0.717) is 17.0 Å². The Morgan fingerprint density at radius 3 is 2.48 bits per heavy atom. The Morgan fingerprint density at radius 2 is 1.77 bits per heavy atom. The van der Waals surface area contributed by atoms with Crippen LogP contribution in [0.2, 0.25) is 5.02 Å². The van der Waals surface area contributed by atoms with Gasteiger partial charge in [-0.3, -0.25) is 19.7 Å². The maximum Gasteiger partial charge on any atom is 0.335 e. The minimum absolute atomic E-state index is 0.0537. The molecule has 0 saturated carbocycles. The lowest BCUT2D eigenvalue weighted by molar-refractivity contribution is -0.122. The number of anilines is 2. The van der Waals surface area contributed by atoms with Crippen LogP contribution in [0.3, 0.4) is 0 Å². The average molecular weight is 566 g/mol. The Morgan fingerprint density at radius 1 is 1.05 bits per heavy atom. The number of hydrogen-bond donors (Lipinski definition) is 3. The van der Waals surface area contributed by atoms with Crippen LogP contribution < -0.4 is 29.7 Å². The van der Waals surface area contributed by atoms with Gasteiger partial charge in [0.05, 0.1) is 30.1 Å². The lowest BCUT2D eigenvalue weighted by atomic mass is 10.1. The van der Waals surface area contributed by atoms with E-state index >= 15 is 0 Å². The molecule has 1 heterocycles. The molecule has 1 saturated heterocycles. The molecule has 0 atom stereocenters. The first kappa shape index (κ1) is 28.0. The second-order valence-corrected chi connectivity index (χ2v) is 8.68. The Bertz CT molecular complexity index is 1500. The van der Waals surface area contributed by atoms with Crippen LogP contribution in [0.5, 0.6) is 23.0 Å². The Kier molecular flexibility index (Phi) is 8.55. The second-order valence-electron chi connectivity index (χ2n) is 8.27. The number of methoxy groups -OCH3 is 1. The number of nitrogens with one attached hydrogen (secondary N) is 2. The van der Waals surface area contributed by atoms with Crippen molar-refractivity contribution in [2.45, 2.75) is 6.92 Å². The molecule has 1 aliphatic heterocycles. The van der Waals surface area contributed by atoms with Crippen molar-refractivity contribution in [3.05, 3.63) is 76.8 Å². The van der Waals surface area contributed by atoms with E-state index in [1.807, 2.05) is 0 Å². The van der Waals surface area contributed by atoms with E-state index in [1.165, 1.54) is 49.6 Å². The molecule has 5 amide bonds. The standard InChI is InChI=1S/C28H24ClN3O8/c1-3-39-23-14-16(12-19-26(35)31-28(37)32(27(19)36)17-8-10-18(33)11-9-17)13-20(29)25(23)40-15-24(34)30-21-6-4-5-7-22(21)38-2/h4-14,33H,3,15H2,1-2H3,(H,30,34)(H,31,35,37)/b19-12-. The number of nitrogens with zero attached hydrogens (tertiary/aromatic N) is 1. The van der Waals surface area contributed by atoms with Gasteiger partial charge in [0.25, 0.3) is 17.7 Å². The minimum Gasteiger partial charge on any atom is -0.508 e. The second kappa shape index (κ2) is 12.2. The van der Waals surface area contributed by atoms with Crippen LogP contribution in [-0.4, -0.2) is 49.2 Å². The van der Waals surface area contributed by atoms with Crippen molar-refractivity contribution < 1.29 is 38.5 Å². The lowest BCUT2D eigenvalue weighted by Gasteiger charge is -2.26. The first-order valence-electron chi connectivity index (χ1n) is 11.9. The molecular weight excluding hydrogens is 542 g/mol. The number of rotatable bonds is 9. The van der Waals surface area contributed by atoms with Crippen molar-refractivity contribution in [1.82, 2.24) is 5.32 Å². The van der Waals surface area contributed by atoms with Gasteiger partial charge in [-0.2, -0.15) is 0 Å². The number of para-hydroxylation sites is 2. The van der Waals surface area contributed by atoms with Crippen LogP contribution in [0, 0.1) is 0 Å². The van der Waals surface area contributed by atoms with Crippen molar-refractivity contribution in [3.63, 3.8) is 0 Å². The monoisotopic (exact) mass is 565 g/mol. The fourth-order valence-corrected chi connectivity index (χ4v) is 4.08. The third-order valence-corrected chi connectivity index (χ3v) is 5.86. The van der Waals surface area contributed by atoms with Gasteiger partial charge in [-0.05, 0) is 67.1 Å². The molecule has 0 aromatic heterocycles. The molecule has 3 aromatic carbocycles. The molecule has 12 heteroatoms. The van der Waals surface area contributed by atoms with Crippen LogP contribution in [0.1, 0.15) is 12.5 Å². The number of phenolic OH excluding ortho intramolecular Hbond substituents is 1. The molecule has 0 radical (unpaired) electrons. The number of amides is 5. The number of carbonyl (C=O) groups is 4. The molecule has 0 bridgehead atoms. The van der Waals surface area contributed by atoms with Gasteiger partial charge in [0.2, 0.25) is 0 Å². The van der Waals surface area contributed by atoms with E-state index in [2.05, 4.69) is 10.6 Å². The van der Waals surface area contributed by atoms with E-state index in [-0.39, 0.29) is 40.1 Å². The Hall–Kier alpha value is -5.03. The van der Waals surface area contributed by atoms with Gasteiger partial charge in [0.15, 0.2) is 18.1 Å². The van der Waals surface area contributed by atoms with E-state index in [4.69, 9.17) is 25.8 Å². The summed E-state index contributed by atoms with van der Waals surface area (Å²) in [6, 6.07) is 14.2. The summed E-state index contributed by atoms with van der Waals surface area (Å²) >= 11 is 6.45. The van der Waals surface area contributed by atoms with Crippen molar-refractivity contribution in [2.24, 2.45) is 0 Å². The first-order chi connectivity index (χ1) is 19.2. The zero-order valence-electron chi connectivity index (χ0n) is 21.4. The number of imide groups is 2. The summed E-state index contributed by atoms with van der Waals surface area (Å²) < 4.78 is 16.5. The molecule has 11 nitrogen and oxygen atoms in total. The van der Waals surface area contributed by atoms with E-state index in [0.717, 1.165) is 4.90 Å². The fourth-order valence-electron chi connectivity index (χ4n) is 3.81. The highest BCUT2D eigenvalue weighted by atomic mass is 35.5. The third-order valence-electron chi connectivity index (χ3n) is 5.58. The van der Waals surface area contributed by atoms with Crippen molar-refractivity contribution >= 4 is 52.8 Å². The zero-order chi connectivity index (χ0) is 28.8. The topological polar surface area (TPSA) is 144 Å². The number of benzene rings is 3. The van der Waals surface area contributed by atoms with Crippen molar-refractivity contribution in [1.29, 1.82) is 0 Å². The largest absolute Gasteiger partial charge is 0.508 e. The van der Waals surface area contributed by atoms with Gasteiger partial charge in [-0.25, -0.2) is 9.69 Å². The van der Waals surface area contributed by atoms with Gasteiger partial charge in [0.1, 0.15) is 17.1 Å². The molecule has 0 spiro atoms. The molecule has 0 unspecified atom stereocenters. The molecule has 3 N–H and O–H groups in total. The molecule has 1 aliphatic rings. The summed E-state index contributed by atoms with van der Waals surface area (Å²) in [7, 11) is 1.49. The Labute approximate surface area is 233 Å². The average Bonchev–Trinajstić information content (AvgIpc) is 2.92. The number of halogens is 1. The summed E-state index contributed by atoms with van der Waals surface area (Å²) in [6.07, 6.45) is 1.25. The summed E-state index contributed by atoms with van der Waals surface area (Å²) in [5, 5.41) is 14.4. The molecule has 3 aromatic rings. The van der Waals surface area contributed by atoms with Gasteiger partial charge in [-0.15, -0.1) is 0 Å². The van der Waals surface area contributed by atoms with E-state index in [1.54, 1.807) is 31.2 Å². The van der Waals surface area contributed by atoms with Crippen LogP contribution in [0.4, 0.5) is 16.2 Å². The van der Waals surface area contributed by atoms with E-state index < -0.39 is 30.4 Å². The predicted molar refractivity (Wildman–Crippen MR) is 147 cm³/mol. The minimum atomic E-state index is -0.930. The fraction of sp³-hybridized carbons (Fsp3) is 0.143. The molecule has 40 heavy (non-hydrogen) atoms. The van der Waals surface area contributed by atoms with Crippen LogP contribution in [0.15, 0.2) is 66.2 Å². The maximum absolute atomic E-state index is 13.1. The number of barbiturate groups is 1. The van der Waals surface area contributed by atoms with Crippen molar-refractivity contribution in [3.8, 4) is 23.0 Å². The molecule has 1 fully saturated rings. The summed E-state index contributed by atoms with van der Waals surface area (Å²) in [5.41, 5.74) is 0.586. The summed E-state index contributed by atoms with van der Waals surface area (Å²) in [6.45, 7) is 1.56. The smallest absolute Gasteiger partial charge is 0.335 e. The number of phenols is 1. The van der Waals surface area contributed by atoms with Crippen LogP contribution in [0.25, 0.3) is 6.08 Å². The molecule has 4 rings (SSSR count). The highest BCUT2D eigenvalue weighted by Crippen LogP contribution is 2.38. The molecular formula is C28H24ClN3O8. The summed E-state index contributed by atoms with van der Waals surface area (Å²) in [4.78, 5) is 51.4. The van der Waals surface area contributed by atoms with Crippen molar-refractivity contribution in [2.75, 3.05) is 30.5 Å². The van der Waals surface area contributed by atoms with Crippen LogP contribution in [-0.2, 0) is 14.4 Å². The van der Waals surface area contributed by atoms with Gasteiger partial charge in [-0.1, -0.05) is 23.7 Å². The number of urea groups is 1. The number of ether oxygens (including phenoxy) is 3. The first-order valence-corrected chi connectivity index (χ1v) is 12.3. The van der Waals surface area contributed by atoms with Gasteiger partial charge < -0.3 is 24.6 Å². The number of aromatic hydroxyl groups is 1. The van der Waals surface area contributed by atoms with Gasteiger partial charge >= 0.3 is 6.03 Å².